The second-order valence-electron chi connectivity index (χ2n) is 4.82. The van der Waals surface area contributed by atoms with E-state index in [1.807, 2.05) is 30.3 Å². The third-order valence-corrected chi connectivity index (χ3v) is 2.70. The Hall–Kier alpha value is -1.55. The van der Waals surface area contributed by atoms with Crippen LogP contribution in [0.3, 0.4) is 0 Å². The molecule has 0 fully saturated rings. The van der Waals surface area contributed by atoms with Crippen molar-refractivity contribution in [3.63, 3.8) is 0 Å². The van der Waals surface area contributed by atoms with E-state index in [1.54, 1.807) is 0 Å². The van der Waals surface area contributed by atoms with Crippen LogP contribution in [0.1, 0.15) is 20.3 Å². The van der Waals surface area contributed by atoms with E-state index in [4.69, 9.17) is 9.47 Å². The SMILES string of the molecule is COC(=O)C(CC(C)C)NCCOc1ccccc1. The summed E-state index contributed by atoms with van der Waals surface area (Å²) in [4.78, 5) is 11.6. The molecular formula is C15H23NO3. The minimum Gasteiger partial charge on any atom is -0.492 e. The average molecular weight is 265 g/mol. The Kier molecular flexibility index (Phi) is 6.97. The molecule has 1 atom stereocenters. The molecule has 4 heteroatoms. The van der Waals surface area contributed by atoms with Gasteiger partial charge in [0.2, 0.25) is 0 Å². The number of hydrogen-bond donors (Lipinski definition) is 1. The summed E-state index contributed by atoms with van der Waals surface area (Å²) in [5.41, 5.74) is 0. The maximum absolute atomic E-state index is 11.6. The Morgan fingerprint density at radius 3 is 2.53 bits per heavy atom. The molecule has 1 unspecified atom stereocenters. The Morgan fingerprint density at radius 1 is 1.26 bits per heavy atom. The summed E-state index contributed by atoms with van der Waals surface area (Å²) in [5.74, 6) is 1.06. The van der Waals surface area contributed by atoms with E-state index in [0.29, 0.717) is 19.1 Å². The second-order valence-corrected chi connectivity index (χ2v) is 4.82. The number of benzene rings is 1. The minimum absolute atomic E-state index is 0.214. The van der Waals surface area contributed by atoms with Crippen LogP contribution in [-0.2, 0) is 9.53 Å². The van der Waals surface area contributed by atoms with Crippen LogP contribution in [-0.4, -0.2) is 32.3 Å². The first-order valence-electron chi connectivity index (χ1n) is 6.62. The molecule has 19 heavy (non-hydrogen) atoms. The van der Waals surface area contributed by atoms with Gasteiger partial charge in [0.1, 0.15) is 18.4 Å². The number of methoxy groups -OCH3 is 1. The average Bonchev–Trinajstić information content (AvgIpc) is 2.42. The lowest BCUT2D eigenvalue weighted by atomic mass is 10.0. The van der Waals surface area contributed by atoms with Gasteiger partial charge >= 0.3 is 5.97 Å². The molecule has 0 radical (unpaired) electrons. The number of hydrogen-bond acceptors (Lipinski definition) is 4. The maximum Gasteiger partial charge on any atom is 0.322 e. The Labute approximate surface area is 115 Å². The van der Waals surface area contributed by atoms with E-state index >= 15 is 0 Å². The monoisotopic (exact) mass is 265 g/mol. The number of carbonyl (C=O) groups is 1. The van der Waals surface area contributed by atoms with Gasteiger partial charge in [0.25, 0.3) is 0 Å². The van der Waals surface area contributed by atoms with Crippen LogP contribution in [0.4, 0.5) is 0 Å². The summed E-state index contributed by atoms with van der Waals surface area (Å²) in [7, 11) is 1.41. The molecule has 0 aliphatic rings. The van der Waals surface area contributed by atoms with E-state index in [9.17, 15) is 4.79 Å². The molecule has 4 nitrogen and oxygen atoms in total. The van der Waals surface area contributed by atoms with Gasteiger partial charge in [0, 0.05) is 6.54 Å². The first-order valence-corrected chi connectivity index (χ1v) is 6.62. The lowest BCUT2D eigenvalue weighted by Crippen LogP contribution is -2.40. The van der Waals surface area contributed by atoms with Gasteiger partial charge < -0.3 is 14.8 Å². The summed E-state index contributed by atoms with van der Waals surface area (Å²) >= 11 is 0. The van der Waals surface area contributed by atoms with E-state index in [1.165, 1.54) is 7.11 Å². The summed E-state index contributed by atoms with van der Waals surface area (Å²) < 4.78 is 10.3. The highest BCUT2D eigenvalue weighted by molar-refractivity contribution is 5.75. The molecule has 1 rings (SSSR count). The van der Waals surface area contributed by atoms with E-state index < -0.39 is 0 Å². The molecule has 0 heterocycles. The Bertz CT molecular complexity index is 365. The molecule has 0 saturated heterocycles. The third-order valence-electron chi connectivity index (χ3n) is 2.70. The van der Waals surface area contributed by atoms with E-state index in [2.05, 4.69) is 19.2 Å². The molecule has 0 aliphatic heterocycles. The first kappa shape index (κ1) is 15.5. The van der Waals surface area contributed by atoms with Crippen molar-refractivity contribution < 1.29 is 14.3 Å². The van der Waals surface area contributed by atoms with Crippen molar-refractivity contribution in [1.29, 1.82) is 0 Å². The van der Waals surface area contributed by atoms with Crippen LogP contribution >= 0.6 is 0 Å². The largest absolute Gasteiger partial charge is 0.492 e. The third kappa shape index (κ3) is 6.25. The number of nitrogens with one attached hydrogen (secondary N) is 1. The van der Waals surface area contributed by atoms with Gasteiger partial charge in [-0.25, -0.2) is 0 Å². The zero-order valence-corrected chi connectivity index (χ0v) is 11.9. The highest BCUT2D eigenvalue weighted by Gasteiger charge is 2.19. The topological polar surface area (TPSA) is 47.6 Å². The fraction of sp³-hybridized carbons (Fsp3) is 0.533. The zero-order chi connectivity index (χ0) is 14.1. The lowest BCUT2D eigenvalue weighted by Gasteiger charge is -2.18. The van der Waals surface area contributed by atoms with Gasteiger partial charge in [0.15, 0.2) is 0 Å². The van der Waals surface area contributed by atoms with E-state index in [-0.39, 0.29) is 12.0 Å². The number of rotatable bonds is 8. The van der Waals surface area contributed by atoms with Crippen molar-refractivity contribution >= 4 is 5.97 Å². The first-order chi connectivity index (χ1) is 9.13. The van der Waals surface area contributed by atoms with Crippen LogP contribution in [0.2, 0.25) is 0 Å². The molecule has 0 bridgehead atoms. The number of para-hydroxylation sites is 1. The molecule has 0 spiro atoms. The normalized spacial score (nSPS) is 12.2. The van der Waals surface area contributed by atoms with Gasteiger partial charge in [-0.05, 0) is 24.5 Å². The summed E-state index contributed by atoms with van der Waals surface area (Å²) in [6.45, 7) is 5.30. The van der Waals surface area contributed by atoms with Gasteiger partial charge in [-0.15, -0.1) is 0 Å². The Morgan fingerprint density at radius 2 is 1.95 bits per heavy atom. The molecular weight excluding hydrogens is 242 g/mol. The number of carbonyl (C=O) groups excluding carboxylic acids is 1. The second kappa shape index (κ2) is 8.53. The molecule has 0 amide bonds. The minimum atomic E-state index is -0.260. The lowest BCUT2D eigenvalue weighted by molar-refractivity contribution is -0.143. The molecule has 106 valence electrons. The van der Waals surface area contributed by atoms with Crippen molar-refractivity contribution in [1.82, 2.24) is 5.32 Å². The van der Waals surface area contributed by atoms with Crippen molar-refractivity contribution in [2.75, 3.05) is 20.3 Å². The highest BCUT2D eigenvalue weighted by atomic mass is 16.5. The van der Waals surface area contributed by atoms with Gasteiger partial charge in [0.05, 0.1) is 7.11 Å². The smallest absolute Gasteiger partial charge is 0.322 e. The molecule has 1 aromatic rings. The van der Waals surface area contributed by atoms with Crippen LogP contribution in [0.5, 0.6) is 5.75 Å². The molecule has 1 N–H and O–H groups in total. The van der Waals surface area contributed by atoms with E-state index in [0.717, 1.165) is 12.2 Å². The summed E-state index contributed by atoms with van der Waals surface area (Å²) in [5, 5.41) is 3.17. The summed E-state index contributed by atoms with van der Waals surface area (Å²) in [6, 6.07) is 9.36. The quantitative estimate of drug-likeness (QED) is 0.578. The predicted octanol–water partition coefficient (Wildman–Crippen LogP) is 2.24. The number of esters is 1. The summed E-state index contributed by atoms with van der Waals surface area (Å²) in [6.07, 6.45) is 0.762. The molecule has 1 aromatic carbocycles. The maximum atomic E-state index is 11.6. The van der Waals surface area contributed by atoms with Gasteiger partial charge in [-0.3, -0.25) is 4.79 Å². The van der Waals surface area contributed by atoms with Gasteiger partial charge in [-0.2, -0.15) is 0 Å². The fourth-order valence-corrected chi connectivity index (χ4v) is 1.80. The predicted molar refractivity (Wildman–Crippen MR) is 75.2 cm³/mol. The molecule has 0 saturated carbocycles. The van der Waals surface area contributed by atoms with Gasteiger partial charge in [-0.1, -0.05) is 32.0 Å². The zero-order valence-electron chi connectivity index (χ0n) is 11.9. The van der Waals surface area contributed by atoms with Crippen LogP contribution in [0.15, 0.2) is 30.3 Å². The highest BCUT2D eigenvalue weighted by Crippen LogP contribution is 2.08. The molecule has 0 aromatic heterocycles. The van der Waals surface area contributed by atoms with Crippen LogP contribution in [0, 0.1) is 5.92 Å². The fourth-order valence-electron chi connectivity index (χ4n) is 1.80. The van der Waals surface area contributed by atoms with Crippen molar-refractivity contribution in [2.45, 2.75) is 26.3 Å². The van der Waals surface area contributed by atoms with Crippen LogP contribution in [0.25, 0.3) is 0 Å². The van der Waals surface area contributed by atoms with Crippen molar-refractivity contribution in [3.8, 4) is 5.75 Å². The Balaban J connectivity index is 2.30. The standard InChI is InChI=1S/C15H23NO3/c1-12(2)11-14(15(17)18-3)16-9-10-19-13-7-5-4-6-8-13/h4-8,12,14,16H,9-11H2,1-3H3. The van der Waals surface area contributed by atoms with Crippen molar-refractivity contribution in [3.05, 3.63) is 30.3 Å². The van der Waals surface area contributed by atoms with Crippen LogP contribution < -0.4 is 10.1 Å². The number of ether oxygens (including phenoxy) is 2. The molecule has 0 aliphatic carbocycles. The van der Waals surface area contributed by atoms with Crippen molar-refractivity contribution in [2.24, 2.45) is 5.92 Å².